The zero-order chi connectivity index (χ0) is 16.9. The van der Waals surface area contributed by atoms with Gasteiger partial charge in [-0.25, -0.2) is 9.78 Å². The largest absolute Gasteiger partial charge is 0.465 e. The number of rotatable bonds is 4. The Balaban J connectivity index is 1.85. The lowest BCUT2D eigenvalue weighted by Crippen LogP contribution is -2.00. The Morgan fingerprint density at radius 3 is 2.33 bits per heavy atom. The highest BCUT2D eigenvalue weighted by molar-refractivity contribution is 5.89. The third-order valence-corrected chi connectivity index (χ3v) is 3.36. The Hall–Kier alpha value is -3.21. The molecule has 120 valence electrons. The molecule has 0 aliphatic heterocycles. The highest BCUT2D eigenvalue weighted by Gasteiger charge is 2.08. The number of nitrogens with zero attached hydrogens (tertiary/aromatic N) is 2. The fourth-order valence-corrected chi connectivity index (χ4v) is 2.21. The van der Waals surface area contributed by atoms with Crippen LogP contribution in [0.5, 0.6) is 11.6 Å². The van der Waals surface area contributed by atoms with E-state index in [1.54, 1.807) is 30.3 Å². The Bertz CT molecular complexity index is 846. The van der Waals surface area contributed by atoms with Crippen LogP contribution >= 0.6 is 0 Å². The van der Waals surface area contributed by atoms with Crippen molar-refractivity contribution in [3.05, 3.63) is 71.9 Å². The van der Waals surface area contributed by atoms with Gasteiger partial charge in [0.15, 0.2) is 5.82 Å². The number of carbonyl (C=O) groups excluding carboxylic acids is 1. The molecule has 2 aromatic carbocycles. The summed E-state index contributed by atoms with van der Waals surface area (Å²) in [6, 6.07) is 18.2. The Morgan fingerprint density at radius 2 is 1.67 bits per heavy atom. The van der Waals surface area contributed by atoms with Crippen LogP contribution in [0.1, 0.15) is 16.1 Å². The number of ether oxygens (including phenoxy) is 2. The minimum atomic E-state index is -0.384. The average Bonchev–Trinajstić information content (AvgIpc) is 2.62. The number of esters is 1. The van der Waals surface area contributed by atoms with E-state index in [1.165, 1.54) is 7.11 Å². The quantitative estimate of drug-likeness (QED) is 0.679. The third-order valence-electron chi connectivity index (χ3n) is 3.36. The van der Waals surface area contributed by atoms with Crippen LogP contribution in [0.3, 0.4) is 0 Å². The molecule has 0 atom stereocenters. The molecule has 0 unspecified atom stereocenters. The van der Waals surface area contributed by atoms with E-state index in [0.29, 0.717) is 23.0 Å². The van der Waals surface area contributed by atoms with Crippen LogP contribution < -0.4 is 4.74 Å². The van der Waals surface area contributed by atoms with Crippen molar-refractivity contribution in [1.82, 2.24) is 9.97 Å². The minimum Gasteiger partial charge on any atom is -0.465 e. The number of aromatic nitrogens is 2. The van der Waals surface area contributed by atoms with Crippen molar-refractivity contribution >= 4 is 5.97 Å². The predicted molar refractivity (Wildman–Crippen MR) is 90.1 cm³/mol. The highest BCUT2D eigenvalue weighted by atomic mass is 16.5. The van der Waals surface area contributed by atoms with E-state index >= 15 is 0 Å². The molecule has 1 aromatic heterocycles. The van der Waals surface area contributed by atoms with E-state index < -0.39 is 0 Å². The van der Waals surface area contributed by atoms with Crippen LogP contribution in [0, 0.1) is 6.92 Å². The van der Waals surface area contributed by atoms with Gasteiger partial charge in [0.2, 0.25) is 5.88 Å². The first-order chi connectivity index (χ1) is 11.7. The van der Waals surface area contributed by atoms with Crippen LogP contribution in [-0.4, -0.2) is 23.0 Å². The molecule has 0 saturated heterocycles. The average molecular weight is 320 g/mol. The standard InChI is InChI=1S/C19H16N2O3/c1-13-12-17(21-18(20-13)14-6-4-3-5-7-14)24-16-10-8-15(9-11-16)19(22)23-2/h3-12H,1-2H3. The molecule has 0 fully saturated rings. The first-order valence-corrected chi connectivity index (χ1v) is 7.43. The highest BCUT2D eigenvalue weighted by Crippen LogP contribution is 2.23. The maximum atomic E-state index is 11.4. The second-order valence-corrected chi connectivity index (χ2v) is 5.16. The summed E-state index contributed by atoms with van der Waals surface area (Å²) in [5.74, 6) is 1.26. The lowest BCUT2D eigenvalue weighted by molar-refractivity contribution is 0.0600. The molecule has 5 nitrogen and oxygen atoms in total. The van der Waals surface area contributed by atoms with E-state index in [0.717, 1.165) is 11.3 Å². The van der Waals surface area contributed by atoms with Crippen LogP contribution in [0.15, 0.2) is 60.7 Å². The van der Waals surface area contributed by atoms with Gasteiger partial charge < -0.3 is 9.47 Å². The van der Waals surface area contributed by atoms with Crippen LogP contribution in [-0.2, 0) is 4.74 Å². The summed E-state index contributed by atoms with van der Waals surface area (Å²) >= 11 is 0. The van der Waals surface area contributed by atoms with E-state index in [-0.39, 0.29) is 5.97 Å². The van der Waals surface area contributed by atoms with E-state index in [1.807, 2.05) is 37.3 Å². The van der Waals surface area contributed by atoms with Gasteiger partial charge in [0, 0.05) is 17.3 Å². The molecule has 0 amide bonds. The maximum absolute atomic E-state index is 11.4. The van der Waals surface area contributed by atoms with Crippen LogP contribution in [0.4, 0.5) is 0 Å². The molecule has 0 aliphatic carbocycles. The zero-order valence-corrected chi connectivity index (χ0v) is 13.4. The number of aryl methyl sites for hydroxylation is 1. The van der Waals surface area contributed by atoms with Gasteiger partial charge in [0.25, 0.3) is 0 Å². The molecule has 5 heteroatoms. The smallest absolute Gasteiger partial charge is 0.337 e. The fourth-order valence-electron chi connectivity index (χ4n) is 2.21. The van der Waals surface area contributed by atoms with Crippen molar-refractivity contribution < 1.29 is 14.3 Å². The van der Waals surface area contributed by atoms with Crippen LogP contribution in [0.2, 0.25) is 0 Å². The number of hydrogen-bond acceptors (Lipinski definition) is 5. The number of carbonyl (C=O) groups is 1. The molecule has 3 rings (SSSR count). The molecule has 0 saturated carbocycles. The number of hydrogen-bond donors (Lipinski definition) is 0. The number of methoxy groups -OCH3 is 1. The molecular formula is C19H16N2O3. The lowest BCUT2D eigenvalue weighted by atomic mass is 10.2. The topological polar surface area (TPSA) is 61.3 Å². The van der Waals surface area contributed by atoms with Crippen molar-refractivity contribution in [2.75, 3.05) is 7.11 Å². The van der Waals surface area contributed by atoms with Gasteiger partial charge in [0.05, 0.1) is 12.7 Å². The first-order valence-electron chi connectivity index (χ1n) is 7.43. The molecule has 0 spiro atoms. The monoisotopic (exact) mass is 320 g/mol. The van der Waals surface area contributed by atoms with Gasteiger partial charge in [-0.1, -0.05) is 30.3 Å². The predicted octanol–water partition coefficient (Wildman–Crippen LogP) is 4.03. The Labute approximate surface area is 139 Å². The van der Waals surface area contributed by atoms with Crippen LogP contribution in [0.25, 0.3) is 11.4 Å². The minimum absolute atomic E-state index is 0.384. The van der Waals surface area contributed by atoms with Gasteiger partial charge in [0.1, 0.15) is 5.75 Å². The normalized spacial score (nSPS) is 10.2. The fraction of sp³-hybridized carbons (Fsp3) is 0.105. The van der Waals surface area contributed by atoms with Crippen molar-refractivity contribution in [1.29, 1.82) is 0 Å². The molecular weight excluding hydrogens is 304 g/mol. The summed E-state index contributed by atoms with van der Waals surface area (Å²) in [4.78, 5) is 20.3. The van der Waals surface area contributed by atoms with Gasteiger partial charge in [-0.3, -0.25) is 0 Å². The van der Waals surface area contributed by atoms with Gasteiger partial charge in [-0.05, 0) is 31.2 Å². The second kappa shape index (κ2) is 6.91. The summed E-state index contributed by atoms with van der Waals surface area (Å²) in [5, 5.41) is 0. The van der Waals surface area contributed by atoms with Gasteiger partial charge in [-0.15, -0.1) is 0 Å². The lowest BCUT2D eigenvalue weighted by Gasteiger charge is -2.08. The summed E-state index contributed by atoms with van der Waals surface area (Å²) in [6.07, 6.45) is 0. The number of benzene rings is 2. The third kappa shape index (κ3) is 3.57. The summed E-state index contributed by atoms with van der Waals surface area (Å²) in [7, 11) is 1.35. The van der Waals surface area contributed by atoms with E-state index in [4.69, 9.17) is 4.74 Å². The molecule has 0 bridgehead atoms. The Morgan fingerprint density at radius 1 is 0.958 bits per heavy atom. The summed E-state index contributed by atoms with van der Waals surface area (Å²) < 4.78 is 10.5. The van der Waals surface area contributed by atoms with Crippen molar-refractivity contribution in [2.24, 2.45) is 0 Å². The van der Waals surface area contributed by atoms with Crippen molar-refractivity contribution in [3.8, 4) is 23.0 Å². The van der Waals surface area contributed by atoms with Gasteiger partial charge >= 0.3 is 5.97 Å². The first kappa shape index (κ1) is 15.7. The maximum Gasteiger partial charge on any atom is 0.337 e. The van der Waals surface area contributed by atoms with Crippen molar-refractivity contribution in [2.45, 2.75) is 6.92 Å². The molecule has 3 aromatic rings. The summed E-state index contributed by atoms with van der Waals surface area (Å²) in [6.45, 7) is 1.89. The second-order valence-electron chi connectivity index (χ2n) is 5.16. The molecule has 1 heterocycles. The van der Waals surface area contributed by atoms with Crippen molar-refractivity contribution in [3.63, 3.8) is 0 Å². The molecule has 0 aliphatic rings. The summed E-state index contributed by atoms with van der Waals surface area (Å²) in [5.41, 5.74) is 2.20. The molecule has 0 radical (unpaired) electrons. The Kier molecular flexibility index (Phi) is 4.52. The SMILES string of the molecule is COC(=O)c1ccc(Oc2cc(C)nc(-c3ccccc3)n2)cc1. The molecule has 0 N–H and O–H groups in total. The zero-order valence-electron chi connectivity index (χ0n) is 13.4. The van der Waals surface area contributed by atoms with E-state index in [9.17, 15) is 4.79 Å². The van der Waals surface area contributed by atoms with E-state index in [2.05, 4.69) is 14.7 Å². The van der Waals surface area contributed by atoms with Gasteiger partial charge in [-0.2, -0.15) is 4.98 Å². The molecule has 24 heavy (non-hydrogen) atoms.